The number of unbranched alkanes of at least 4 members (excludes halogenated alkanes) is 1. The minimum absolute atomic E-state index is 0.172. The molecule has 1 rings (SSSR count). The first-order valence-corrected chi connectivity index (χ1v) is 5.60. The average molecular weight is 226 g/mol. The summed E-state index contributed by atoms with van der Waals surface area (Å²) >= 11 is 0. The fraction of sp³-hybridized carbons (Fsp3) is 0.667. The molecule has 0 saturated heterocycles. The highest BCUT2D eigenvalue weighted by molar-refractivity contribution is 5.97. The zero-order valence-corrected chi connectivity index (χ0v) is 9.99. The Morgan fingerprint density at radius 2 is 2.31 bits per heavy atom. The molecule has 0 aliphatic carbocycles. The van der Waals surface area contributed by atoms with Crippen molar-refractivity contribution in [1.29, 1.82) is 0 Å². The van der Waals surface area contributed by atoms with E-state index in [9.17, 15) is 9.59 Å². The number of rotatable bonds is 5. The third kappa shape index (κ3) is 2.84. The molecule has 2 unspecified atom stereocenters. The lowest BCUT2D eigenvalue weighted by atomic mass is 10.0. The van der Waals surface area contributed by atoms with Gasteiger partial charge in [-0.25, -0.2) is 4.79 Å². The van der Waals surface area contributed by atoms with E-state index >= 15 is 0 Å². The van der Waals surface area contributed by atoms with Crippen molar-refractivity contribution in [2.45, 2.75) is 39.2 Å². The highest BCUT2D eigenvalue weighted by Gasteiger charge is 2.32. The van der Waals surface area contributed by atoms with Gasteiger partial charge in [-0.15, -0.1) is 0 Å². The van der Waals surface area contributed by atoms with Gasteiger partial charge in [-0.05, 0) is 25.8 Å². The first kappa shape index (κ1) is 12.7. The van der Waals surface area contributed by atoms with Gasteiger partial charge in [0, 0.05) is 0 Å². The lowest BCUT2D eigenvalue weighted by molar-refractivity contribution is -0.147. The Kier molecular flexibility index (Phi) is 4.52. The van der Waals surface area contributed by atoms with Gasteiger partial charge in [-0.2, -0.15) is 0 Å². The lowest BCUT2D eigenvalue weighted by Crippen LogP contribution is -2.18. The van der Waals surface area contributed by atoms with Gasteiger partial charge in [0.05, 0.1) is 18.6 Å². The molecule has 90 valence electrons. The standard InChI is InChI=1S/C12H18O4/c1-4-5-6-9-7-10(12(14)16-9)8(2)11(13)15-3/h7-9H,4-6H2,1-3H3. The van der Waals surface area contributed by atoms with Crippen LogP contribution in [-0.2, 0) is 19.1 Å². The van der Waals surface area contributed by atoms with Gasteiger partial charge in [0.1, 0.15) is 6.10 Å². The first-order chi connectivity index (χ1) is 7.60. The molecule has 0 saturated carbocycles. The molecule has 0 spiro atoms. The fourth-order valence-corrected chi connectivity index (χ4v) is 1.68. The molecule has 0 amide bonds. The highest BCUT2D eigenvalue weighted by atomic mass is 16.5. The Bertz CT molecular complexity index is 306. The molecule has 0 fully saturated rings. The van der Waals surface area contributed by atoms with Crippen molar-refractivity contribution in [3.8, 4) is 0 Å². The Hall–Kier alpha value is -1.32. The molecular weight excluding hydrogens is 208 g/mol. The zero-order valence-electron chi connectivity index (χ0n) is 9.99. The summed E-state index contributed by atoms with van der Waals surface area (Å²) in [6.07, 6.45) is 4.46. The summed E-state index contributed by atoms with van der Waals surface area (Å²) in [5.41, 5.74) is 0.424. The summed E-state index contributed by atoms with van der Waals surface area (Å²) in [5.74, 6) is -1.33. The number of carbonyl (C=O) groups excluding carboxylic acids is 2. The second-order valence-corrected chi connectivity index (χ2v) is 3.95. The SMILES string of the molecule is CCCCC1C=C(C(C)C(=O)OC)C(=O)O1. The average Bonchev–Trinajstić information content (AvgIpc) is 2.65. The van der Waals surface area contributed by atoms with Gasteiger partial charge in [0.15, 0.2) is 0 Å². The molecule has 0 radical (unpaired) electrons. The van der Waals surface area contributed by atoms with Crippen molar-refractivity contribution in [3.05, 3.63) is 11.6 Å². The molecule has 0 N–H and O–H groups in total. The predicted molar refractivity (Wildman–Crippen MR) is 58.7 cm³/mol. The van der Waals surface area contributed by atoms with Crippen LogP contribution >= 0.6 is 0 Å². The van der Waals surface area contributed by atoms with Crippen LogP contribution in [0.2, 0.25) is 0 Å². The largest absolute Gasteiger partial charge is 0.469 e. The van der Waals surface area contributed by atoms with Crippen LogP contribution < -0.4 is 0 Å². The molecular formula is C12H18O4. The normalized spacial score (nSPS) is 21.3. The van der Waals surface area contributed by atoms with Gasteiger partial charge in [-0.1, -0.05) is 13.3 Å². The number of ether oxygens (including phenoxy) is 2. The van der Waals surface area contributed by atoms with E-state index in [1.807, 2.05) is 0 Å². The van der Waals surface area contributed by atoms with Crippen molar-refractivity contribution >= 4 is 11.9 Å². The quantitative estimate of drug-likeness (QED) is 0.671. The van der Waals surface area contributed by atoms with E-state index in [2.05, 4.69) is 11.7 Å². The monoisotopic (exact) mass is 226 g/mol. The first-order valence-electron chi connectivity index (χ1n) is 5.60. The molecule has 0 aromatic heterocycles. The molecule has 1 heterocycles. The van der Waals surface area contributed by atoms with Crippen LogP contribution in [0.1, 0.15) is 33.1 Å². The summed E-state index contributed by atoms with van der Waals surface area (Å²) in [5, 5.41) is 0. The number of hydrogen-bond donors (Lipinski definition) is 0. The Labute approximate surface area is 95.6 Å². The lowest BCUT2D eigenvalue weighted by Gasteiger charge is -2.07. The summed E-state index contributed by atoms with van der Waals surface area (Å²) in [7, 11) is 1.31. The maximum absolute atomic E-state index is 11.5. The summed E-state index contributed by atoms with van der Waals surface area (Å²) in [4.78, 5) is 22.8. The number of hydrogen-bond acceptors (Lipinski definition) is 4. The number of carbonyl (C=O) groups is 2. The maximum atomic E-state index is 11.5. The molecule has 0 aromatic carbocycles. The highest BCUT2D eigenvalue weighted by Crippen LogP contribution is 2.24. The zero-order chi connectivity index (χ0) is 12.1. The van der Waals surface area contributed by atoms with Crippen LogP contribution in [0.3, 0.4) is 0 Å². The van der Waals surface area contributed by atoms with Crippen LogP contribution in [-0.4, -0.2) is 25.2 Å². The van der Waals surface area contributed by atoms with Crippen molar-refractivity contribution < 1.29 is 19.1 Å². The van der Waals surface area contributed by atoms with E-state index in [-0.39, 0.29) is 12.1 Å². The minimum atomic E-state index is -0.538. The van der Waals surface area contributed by atoms with Crippen LogP contribution in [0, 0.1) is 5.92 Å². The molecule has 4 nitrogen and oxygen atoms in total. The van der Waals surface area contributed by atoms with E-state index in [1.54, 1.807) is 13.0 Å². The smallest absolute Gasteiger partial charge is 0.335 e. The third-order valence-corrected chi connectivity index (χ3v) is 2.72. The van der Waals surface area contributed by atoms with Crippen molar-refractivity contribution in [2.75, 3.05) is 7.11 Å². The Morgan fingerprint density at radius 1 is 1.62 bits per heavy atom. The third-order valence-electron chi connectivity index (χ3n) is 2.72. The summed E-state index contributed by atoms with van der Waals surface area (Å²) in [6, 6.07) is 0. The number of cyclic esters (lactones) is 1. The molecule has 0 aromatic rings. The minimum Gasteiger partial charge on any atom is -0.469 e. The number of methoxy groups -OCH3 is 1. The van der Waals surface area contributed by atoms with E-state index in [0.717, 1.165) is 19.3 Å². The molecule has 2 atom stereocenters. The van der Waals surface area contributed by atoms with Crippen molar-refractivity contribution in [3.63, 3.8) is 0 Å². The maximum Gasteiger partial charge on any atom is 0.335 e. The van der Waals surface area contributed by atoms with Gasteiger partial charge in [-0.3, -0.25) is 4.79 Å². The Morgan fingerprint density at radius 3 is 2.88 bits per heavy atom. The second kappa shape index (κ2) is 5.68. The molecule has 16 heavy (non-hydrogen) atoms. The van der Waals surface area contributed by atoms with Crippen LogP contribution in [0.4, 0.5) is 0 Å². The second-order valence-electron chi connectivity index (χ2n) is 3.95. The molecule has 0 bridgehead atoms. The van der Waals surface area contributed by atoms with E-state index in [1.165, 1.54) is 7.11 Å². The topological polar surface area (TPSA) is 52.6 Å². The van der Waals surface area contributed by atoms with Gasteiger partial charge < -0.3 is 9.47 Å². The molecule has 1 aliphatic rings. The summed E-state index contributed by atoms with van der Waals surface area (Å²) in [6.45, 7) is 3.74. The fourth-order valence-electron chi connectivity index (χ4n) is 1.68. The summed E-state index contributed by atoms with van der Waals surface area (Å²) < 4.78 is 9.75. The van der Waals surface area contributed by atoms with E-state index < -0.39 is 11.9 Å². The van der Waals surface area contributed by atoms with E-state index in [4.69, 9.17) is 4.74 Å². The Balaban J connectivity index is 2.65. The predicted octanol–water partition coefficient (Wildman–Crippen LogP) is 1.84. The van der Waals surface area contributed by atoms with Crippen LogP contribution in [0.5, 0.6) is 0 Å². The number of esters is 2. The molecule has 4 heteroatoms. The van der Waals surface area contributed by atoms with E-state index in [0.29, 0.717) is 5.57 Å². The van der Waals surface area contributed by atoms with Crippen LogP contribution in [0.25, 0.3) is 0 Å². The molecule has 1 aliphatic heterocycles. The van der Waals surface area contributed by atoms with Gasteiger partial charge in [0.2, 0.25) is 0 Å². The van der Waals surface area contributed by atoms with Crippen molar-refractivity contribution in [1.82, 2.24) is 0 Å². The van der Waals surface area contributed by atoms with Crippen molar-refractivity contribution in [2.24, 2.45) is 5.92 Å². The van der Waals surface area contributed by atoms with Gasteiger partial charge in [0.25, 0.3) is 0 Å². The van der Waals surface area contributed by atoms with Crippen LogP contribution in [0.15, 0.2) is 11.6 Å². The van der Waals surface area contributed by atoms with Gasteiger partial charge >= 0.3 is 11.9 Å².